The van der Waals surface area contributed by atoms with Crippen LogP contribution in [0.1, 0.15) is 0 Å². The Morgan fingerprint density at radius 2 is 2.33 bits per heavy atom. The lowest BCUT2D eigenvalue weighted by molar-refractivity contribution is 0.530. The first-order valence-corrected chi connectivity index (χ1v) is 5.96. The summed E-state index contributed by atoms with van der Waals surface area (Å²) in [6, 6.07) is 0. The first kappa shape index (κ1) is 10.4. The van der Waals surface area contributed by atoms with Crippen molar-refractivity contribution in [1.29, 1.82) is 0 Å². The second-order valence-corrected chi connectivity index (χ2v) is 4.70. The molecule has 0 aliphatic carbocycles. The molecule has 0 amide bonds. The number of halogens is 1. The molecule has 0 atom stereocenters. The molecule has 5 nitrogen and oxygen atoms in total. The van der Waals surface area contributed by atoms with Crippen molar-refractivity contribution in [3.8, 4) is 0 Å². The number of hydrogen-bond donors (Lipinski definition) is 1. The molecule has 2 aromatic heterocycles. The summed E-state index contributed by atoms with van der Waals surface area (Å²) in [6.07, 6.45) is 3.57. The van der Waals surface area contributed by atoms with Gasteiger partial charge in [0.1, 0.15) is 0 Å². The van der Waals surface area contributed by atoms with E-state index in [-0.39, 0.29) is 4.87 Å². The summed E-state index contributed by atoms with van der Waals surface area (Å²) in [5.41, 5.74) is 5.57. The lowest BCUT2D eigenvalue weighted by Gasteiger charge is -2.00. The molecular formula is C8H9BrN4OS. The molecule has 0 spiro atoms. The number of rotatable bonds is 3. The van der Waals surface area contributed by atoms with E-state index in [2.05, 4.69) is 21.0 Å². The minimum Gasteiger partial charge on any atom is -0.381 e. The summed E-state index contributed by atoms with van der Waals surface area (Å²) in [5, 5.41) is 5.85. The van der Waals surface area contributed by atoms with Gasteiger partial charge in [0.15, 0.2) is 5.82 Å². The van der Waals surface area contributed by atoms with Gasteiger partial charge in [0.25, 0.3) is 0 Å². The van der Waals surface area contributed by atoms with E-state index in [1.807, 2.05) is 0 Å². The van der Waals surface area contributed by atoms with Crippen LogP contribution in [0.3, 0.4) is 0 Å². The maximum Gasteiger partial charge on any atom is 0.307 e. The van der Waals surface area contributed by atoms with Gasteiger partial charge < -0.3 is 10.3 Å². The van der Waals surface area contributed by atoms with Gasteiger partial charge in [-0.15, -0.1) is 0 Å². The summed E-state index contributed by atoms with van der Waals surface area (Å²) in [7, 11) is 0. The third-order valence-corrected chi connectivity index (χ3v) is 3.26. The molecule has 0 aromatic carbocycles. The molecule has 2 N–H and O–H groups in total. The molecule has 0 fully saturated rings. The van der Waals surface area contributed by atoms with E-state index in [1.165, 1.54) is 11.3 Å². The Bertz CT molecular complexity index is 495. The summed E-state index contributed by atoms with van der Waals surface area (Å²) in [6.45, 7) is 1.24. The van der Waals surface area contributed by atoms with Gasteiger partial charge in [-0.25, -0.2) is 0 Å². The highest BCUT2D eigenvalue weighted by Crippen LogP contribution is 2.15. The van der Waals surface area contributed by atoms with Crippen molar-refractivity contribution in [2.45, 2.75) is 13.1 Å². The number of nitrogen functional groups attached to an aromatic ring is 1. The minimum absolute atomic E-state index is 0.0502. The summed E-state index contributed by atoms with van der Waals surface area (Å²) >= 11 is 4.47. The van der Waals surface area contributed by atoms with Gasteiger partial charge in [-0.3, -0.25) is 9.48 Å². The third kappa shape index (κ3) is 2.29. The van der Waals surface area contributed by atoms with Gasteiger partial charge in [0, 0.05) is 24.3 Å². The first-order valence-electron chi connectivity index (χ1n) is 4.29. The number of anilines is 1. The van der Waals surface area contributed by atoms with Gasteiger partial charge in [-0.1, -0.05) is 11.3 Å². The molecule has 0 unspecified atom stereocenters. The van der Waals surface area contributed by atoms with E-state index < -0.39 is 0 Å². The van der Waals surface area contributed by atoms with Crippen LogP contribution in [-0.4, -0.2) is 14.3 Å². The van der Waals surface area contributed by atoms with Crippen molar-refractivity contribution in [2.75, 3.05) is 5.73 Å². The van der Waals surface area contributed by atoms with Crippen molar-refractivity contribution < 1.29 is 0 Å². The molecular weight excluding hydrogens is 280 g/mol. The zero-order valence-corrected chi connectivity index (χ0v) is 10.2. The standard InChI is InChI=1S/C8H9BrN4OS/c9-6-5-13(11-7(6)10)2-1-12-3-4-15-8(12)14/h3-5H,1-2H2,(H2,10,11). The highest BCUT2D eigenvalue weighted by atomic mass is 79.9. The molecule has 0 saturated carbocycles. The molecule has 0 bridgehead atoms. The van der Waals surface area contributed by atoms with E-state index in [9.17, 15) is 4.79 Å². The lowest BCUT2D eigenvalue weighted by Crippen LogP contribution is -2.16. The van der Waals surface area contributed by atoms with Crippen LogP contribution in [0.15, 0.2) is 27.0 Å². The van der Waals surface area contributed by atoms with Crippen LogP contribution in [0.5, 0.6) is 0 Å². The zero-order valence-electron chi connectivity index (χ0n) is 7.76. The van der Waals surface area contributed by atoms with E-state index in [0.29, 0.717) is 18.9 Å². The zero-order chi connectivity index (χ0) is 10.8. The van der Waals surface area contributed by atoms with Crippen LogP contribution in [0.2, 0.25) is 0 Å². The van der Waals surface area contributed by atoms with Crippen molar-refractivity contribution in [3.05, 3.63) is 31.9 Å². The molecule has 0 saturated heterocycles. The van der Waals surface area contributed by atoms with Crippen molar-refractivity contribution >= 4 is 33.1 Å². The SMILES string of the molecule is Nc1nn(CCn2ccsc2=O)cc1Br. The average Bonchev–Trinajstić information content (AvgIpc) is 2.72. The van der Waals surface area contributed by atoms with Gasteiger partial charge in [0.2, 0.25) is 0 Å². The minimum atomic E-state index is 0.0502. The fourth-order valence-electron chi connectivity index (χ4n) is 1.19. The van der Waals surface area contributed by atoms with Crippen LogP contribution in [0.25, 0.3) is 0 Å². The monoisotopic (exact) mass is 288 g/mol. The van der Waals surface area contributed by atoms with Crippen LogP contribution in [0.4, 0.5) is 5.82 Å². The Labute approximate surface area is 98.3 Å². The summed E-state index contributed by atoms with van der Waals surface area (Å²) in [4.78, 5) is 11.3. The largest absolute Gasteiger partial charge is 0.381 e. The molecule has 2 heterocycles. The second-order valence-electron chi connectivity index (χ2n) is 2.99. The fourth-order valence-corrected chi connectivity index (χ4v) is 2.12. The number of nitrogens with two attached hydrogens (primary N) is 1. The highest BCUT2D eigenvalue weighted by molar-refractivity contribution is 9.10. The molecule has 80 valence electrons. The molecule has 0 aliphatic rings. The Balaban J connectivity index is 2.05. The molecule has 2 aromatic rings. The van der Waals surface area contributed by atoms with E-state index in [1.54, 1.807) is 27.0 Å². The number of aryl methyl sites for hydroxylation is 2. The predicted molar refractivity (Wildman–Crippen MR) is 62.9 cm³/mol. The quantitative estimate of drug-likeness (QED) is 0.921. The maximum atomic E-state index is 11.2. The fraction of sp³-hybridized carbons (Fsp3) is 0.250. The first-order chi connectivity index (χ1) is 7.16. The van der Waals surface area contributed by atoms with E-state index in [4.69, 9.17) is 5.73 Å². The molecule has 2 rings (SSSR count). The van der Waals surface area contributed by atoms with Crippen molar-refractivity contribution in [1.82, 2.24) is 14.3 Å². The van der Waals surface area contributed by atoms with Crippen LogP contribution >= 0.6 is 27.3 Å². The normalized spacial score (nSPS) is 10.7. The molecule has 0 aliphatic heterocycles. The average molecular weight is 289 g/mol. The number of hydrogen-bond acceptors (Lipinski definition) is 4. The third-order valence-electron chi connectivity index (χ3n) is 1.96. The predicted octanol–water partition coefficient (Wildman–Crippen LogP) is 1.15. The topological polar surface area (TPSA) is 65.8 Å². The van der Waals surface area contributed by atoms with Gasteiger partial charge in [-0.05, 0) is 15.9 Å². The van der Waals surface area contributed by atoms with E-state index >= 15 is 0 Å². The van der Waals surface area contributed by atoms with Crippen LogP contribution in [0, 0.1) is 0 Å². The van der Waals surface area contributed by atoms with Gasteiger partial charge in [-0.2, -0.15) is 5.10 Å². The second kappa shape index (κ2) is 4.19. The van der Waals surface area contributed by atoms with E-state index in [0.717, 1.165) is 4.47 Å². The molecule has 0 radical (unpaired) electrons. The summed E-state index contributed by atoms with van der Waals surface area (Å²) in [5.74, 6) is 0.465. The van der Waals surface area contributed by atoms with Gasteiger partial charge in [0.05, 0.1) is 11.0 Å². The molecule has 15 heavy (non-hydrogen) atoms. The number of nitrogens with zero attached hydrogens (tertiary/aromatic N) is 3. The molecule has 7 heteroatoms. The van der Waals surface area contributed by atoms with Crippen LogP contribution in [-0.2, 0) is 13.1 Å². The Morgan fingerprint density at radius 3 is 2.87 bits per heavy atom. The highest BCUT2D eigenvalue weighted by Gasteiger charge is 2.02. The lowest BCUT2D eigenvalue weighted by atomic mass is 10.6. The number of aromatic nitrogens is 3. The van der Waals surface area contributed by atoms with Crippen molar-refractivity contribution in [3.63, 3.8) is 0 Å². The van der Waals surface area contributed by atoms with Crippen LogP contribution < -0.4 is 10.6 Å². The Morgan fingerprint density at radius 1 is 1.53 bits per heavy atom. The maximum absolute atomic E-state index is 11.2. The Kier molecular flexibility index (Phi) is 2.92. The number of thiazole rings is 1. The summed E-state index contributed by atoms with van der Waals surface area (Å²) < 4.78 is 4.14. The van der Waals surface area contributed by atoms with Gasteiger partial charge >= 0.3 is 4.87 Å². The Hall–Kier alpha value is -1.08. The smallest absolute Gasteiger partial charge is 0.307 e. The van der Waals surface area contributed by atoms with Crippen molar-refractivity contribution in [2.24, 2.45) is 0 Å².